The van der Waals surface area contributed by atoms with Crippen molar-refractivity contribution in [1.82, 2.24) is 0 Å². The predicted molar refractivity (Wildman–Crippen MR) is 76.5 cm³/mol. The van der Waals surface area contributed by atoms with E-state index in [4.69, 9.17) is 0 Å². The van der Waals surface area contributed by atoms with Crippen LogP contribution in [0.15, 0.2) is 36.9 Å². The minimum atomic E-state index is 1.18. The smallest absolute Gasteiger partial charge is 0.139 e. The van der Waals surface area contributed by atoms with Gasteiger partial charge >= 0.3 is 0 Å². The molecule has 0 saturated carbocycles. The minimum Gasteiger partial charge on any atom is -0.377 e. The summed E-state index contributed by atoms with van der Waals surface area (Å²) >= 11 is 0. The van der Waals surface area contributed by atoms with Crippen molar-refractivity contribution >= 4 is 35.8 Å². The van der Waals surface area contributed by atoms with Gasteiger partial charge in [0, 0.05) is 19.8 Å². The van der Waals surface area contributed by atoms with E-state index in [0.717, 1.165) is 0 Å². The molecule has 0 N–H and O–H groups in total. The summed E-state index contributed by atoms with van der Waals surface area (Å²) in [7, 11) is 6.23. The lowest BCUT2D eigenvalue weighted by Crippen LogP contribution is -2.10. The highest BCUT2D eigenvalue weighted by molar-refractivity contribution is 6.33. The molecular formula is C14H16BN. The number of fused-ring (bicyclic) bond motifs is 1. The molecule has 0 bridgehead atoms. The maximum Gasteiger partial charge on any atom is 0.139 e. The van der Waals surface area contributed by atoms with Crippen LogP contribution in [0.4, 0.5) is 5.69 Å². The Hall–Kier alpha value is -1.70. The monoisotopic (exact) mass is 209 g/mol. The maximum atomic E-state index is 3.88. The molecule has 2 heteroatoms. The molecular weight excluding hydrogens is 193 g/mol. The molecule has 0 fully saturated rings. The summed E-state index contributed by atoms with van der Waals surface area (Å²) in [5.41, 5.74) is 3.69. The fraction of sp³-hybridized carbons (Fsp3) is 0.143. The van der Waals surface area contributed by atoms with Crippen molar-refractivity contribution in [3.63, 3.8) is 0 Å². The molecule has 0 aromatic heterocycles. The SMILES string of the molecule is Bc1ccc2cc(N(C)C)c(C=C)cc2c1. The largest absolute Gasteiger partial charge is 0.377 e. The van der Waals surface area contributed by atoms with E-state index in [1.165, 1.54) is 27.5 Å². The highest BCUT2D eigenvalue weighted by Crippen LogP contribution is 2.26. The summed E-state index contributed by atoms with van der Waals surface area (Å²) in [6, 6.07) is 10.9. The van der Waals surface area contributed by atoms with Crippen LogP contribution >= 0.6 is 0 Å². The van der Waals surface area contributed by atoms with Crippen molar-refractivity contribution in [2.24, 2.45) is 0 Å². The first-order valence-corrected chi connectivity index (χ1v) is 5.46. The average Bonchev–Trinajstić information content (AvgIpc) is 2.26. The summed E-state index contributed by atoms with van der Waals surface area (Å²) < 4.78 is 0. The molecule has 0 aliphatic rings. The van der Waals surface area contributed by atoms with Gasteiger partial charge in [-0.2, -0.15) is 0 Å². The summed E-state index contributed by atoms with van der Waals surface area (Å²) in [4.78, 5) is 2.12. The van der Waals surface area contributed by atoms with Gasteiger partial charge in [0.2, 0.25) is 0 Å². The lowest BCUT2D eigenvalue weighted by atomic mass is 9.92. The van der Waals surface area contributed by atoms with Crippen molar-refractivity contribution in [2.75, 3.05) is 19.0 Å². The molecule has 0 unspecified atom stereocenters. The van der Waals surface area contributed by atoms with Gasteiger partial charge in [-0.05, 0) is 28.5 Å². The molecule has 0 spiro atoms. The minimum absolute atomic E-state index is 1.18. The zero-order valence-electron chi connectivity index (χ0n) is 10.1. The molecule has 0 atom stereocenters. The average molecular weight is 209 g/mol. The van der Waals surface area contributed by atoms with E-state index in [9.17, 15) is 0 Å². The van der Waals surface area contributed by atoms with E-state index in [0.29, 0.717) is 0 Å². The molecule has 1 nitrogen and oxygen atoms in total. The van der Waals surface area contributed by atoms with Crippen LogP contribution in [-0.2, 0) is 0 Å². The van der Waals surface area contributed by atoms with Gasteiger partial charge in [0.05, 0.1) is 0 Å². The standard InChI is InChI=1S/C14H16BN/c1-4-10-7-12-8-13(15)6-5-11(12)9-14(10)16(2)3/h4-9H,1,15H2,2-3H3. The van der Waals surface area contributed by atoms with Crippen LogP contribution in [0, 0.1) is 0 Å². The second-order valence-electron chi connectivity index (χ2n) is 4.36. The van der Waals surface area contributed by atoms with Crippen molar-refractivity contribution in [3.05, 3.63) is 42.5 Å². The van der Waals surface area contributed by atoms with Crippen molar-refractivity contribution < 1.29 is 0 Å². The normalized spacial score (nSPS) is 10.4. The first-order valence-electron chi connectivity index (χ1n) is 5.46. The molecule has 2 aromatic rings. The maximum absolute atomic E-state index is 3.88. The highest BCUT2D eigenvalue weighted by Gasteiger charge is 2.04. The van der Waals surface area contributed by atoms with Gasteiger partial charge in [0.25, 0.3) is 0 Å². The number of hydrogen-bond acceptors (Lipinski definition) is 1. The third kappa shape index (κ3) is 1.83. The van der Waals surface area contributed by atoms with Crippen LogP contribution in [0.25, 0.3) is 16.8 Å². The molecule has 0 saturated heterocycles. The molecule has 0 heterocycles. The van der Waals surface area contributed by atoms with Gasteiger partial charge in [-0.25, -0.2) is 0 Å². The van der Waals surface area contributed by atoms with E-state index >= 15 is 0 Å². The van der Waals surface area contributed by atoms with Crippen LogP contribution in [0.3, 0.4) is 0 Å². The van der Waals surface area contributed by atoms with Gasteiger partial charge < -0.3 is 4.90 Å². The Labute approximate surface area is 97.8 Å². The third-order valence-corrected chi connectivity index (χ3v) is 2.84. The highest BCUT2D eigenvalue weighted by atomic mass is 15.1. The van der Waals surface area contributed by atoms with Crippen molar-refractivity contribution in [1.29, 1.82) is 0 Å². The van der Waals surface area contributed by atoms with E-state index < -0.39 is 0 Å². The molecule has 2 aromatic carbocycles. The molecule has 80 valence electrons. The molecule has 0 radical (unpaired) electrons. The van der Waals surface area contributed by atoms with Gasteiger partial charge in [-0.15, -0.1) is 0 Å². The van der Waals surface area contributed by atoms with Crippen molar-refractivity contribution in [3.8, 4) is 0 Å². The lowest BCUT2D eigenvalue weighted by molar-refractivity contribution is 1.13. The molecule has 0 amide bonds. The molecule has 0 aliphatic heterocycles. The number of rotatable bonds is 2. The summed E-state index contributed by atoms with van der Waals surface area (Å²) in [5.74, 6) is 0. The number of nitrogens with zero attached hydrogens (tertiary/aromatic N) is 1. The van der Waals surface area contributed by atoms with Crippen molar-refractivity contribution in [2.45, 2.75) is 0 Å². The third-order valence-electron chi connectivity index (χ3n) is 2.84. The Morgan fingerprint density at radius 3 is 2.50 bits per heavy atom. The lowest BCUT2D eigenvalue weighted by Gasteiger charge is -2.17. The topological polar surface area (TPSA) is 3.24 Å². The fourth-order valence-corrected chi connectivity index (χ4v) is 1.97. The van der Waals surface area contributed by atoms with Crippen LogP contribution in [0.1, 0.15) is 5.56 Å². The van der Waals surface area contributed by atoms with E-state index in [-0.39, 0.29) is 0 Å². The fourth-order valence-electron chi connectivity index (χ4n) is 1.97. The zero-order valence-corrected chi connectivity index (χ0v) is 10.1. The summed E-state index contributed by atoms with van der Waals surface area (Å²) in [6.45, 7) is 3.88. The molecule has 16 heavy (non-hydrogen) atoms. The van der Waals surface area contributed by atoms with Crippen LogP contribution < -0.4 is 10.4 Å². The van der Waals surface area contributed by atoms with E-state index in [2.05, 4.69) is 63.8 Å². The Bertz CT molecular complexity index is 544. The number of benzene rings is 2. The first kappa shape index (κ1) is 10.8. The zero-order chi connectivity index (χ0) is 11.7. The quantitative estimate of drug-likeness (QED) is 0.682. The van der Waals surface area contributed by atoms with E-state index in [1.54, 1.807) is 0 Å². The Kier molecular flexibility index (Phi) is 2.74. The van der Waals surface area contributed by atoms with Crippen LogP contribution in [-0.4, -0.2) is 21.9 Å². The van der Waals surface area contributed by atoms with Crippen LogP contribution in [0.5, 0.6) is 0 Å². The van der Waals surface area contributed by atoms with E-state index in [1.807, 2.05) is 6.08 Å². The first-order chi connectivity index (χ1) is 7.61. The Balaban J connectivity index is 2.75. The number of hydrogen-bond donors (Lipinski definition) is 0. The Morgan fingerprint density at radius 2 is 1.88 bits per heavy atom. The predicted octanol–water partition coefficient (Wildman–Crippen LogP) is 1.81. The Morgan fingerprint density at radius 1 is 1.12 bits per heavy atom. The van der Waals surface area contributed by atoms with Gasteiger partial charge in [0.1, 0.15) is 7.85 Å². The van der Waals surface area contributed by atoms with Gasteiger partial charge in [-0.3, -0.25) is 0 Å². The summed E-state index contributed by atoms with van der Waals surface area (Å²) in [6.07, 6.45) is 1.91. The number of anilines is 1. The second-order valence-corrected chi connectivity index (χ2v) is 4.36. The van der Waals surface area contributed by atoms with Gasteiger partial charge in [0.15, 0.2) is 0 Å². The van der Waals surface area contributed by atoms with Crippen LogP contribution in [0.2, 0.25) is 0 Å². The van der Waals surface area contributed by atoms with Gasteiger partial charge in [-0.1, -0.05) is 36.3 Å². The second kappa shape index (κ2) is 4.05. The molecule has 0 aliphatic carbocycles. The molecule has 2 rings (SSSR count). The summed E-state index contributed by atoms with van der Waals surface area (Å²) in [5, 5.41) is 2.56.